The first-order chi connectivity index (χ1) is 14.1. The van der Waals surface area contributed by atoms with Crippen LogP contribution in [0.3, 0.4) is 0 Å². The van der Waals surface area contributed by atoms with Crippen molar-refractivity contribution in [2.45, 2.75) is 19.3 Å². The second kappa shape index (κ2) is 8.24. The van der Waals surface area contributed by atoms with Crippen LogP contribution in [0.25, 0.3) is 0 Å². The quantitative estimate of drug-likeness (QED) is 0.363. The smallest absolute Gasteiger partial charge is 0.0384 e. The topological polar surface area (TPSA) is 24.1 Å². The lowest BCUT2D eigenvalue weighted by Gasteiger charge is -2.26. The number of nitrogens with one attached hydrogen (secondary N) is 2. The van der Waals surface area contributed by atoms with Crippen molar-refractivity contribution in [3.63, 3.8) is 0 Å². The molecule has 0 aliphatic carbocycles. The van der Waals surface area contributed by atoms with Gasteiger partial charge < -0.3 is 10.6 Å². The van der Waals surface area contributed by atoms with Crippen LogP contribution in [0.2, 0.25) is 0 Å². The Bertz CT molecular complexity index is 948. The fraction of sp³-hybridized carbons (Fsp3) is 0.111. The van der Waals surface area contributed by atoms with Crippen LogP contribution in [0.4, 0.5) is 22.7 Å². The van der Waals surface area contributed by atoms with E-state index in [-0.39, 0.29) is 5.41 Å². The lowest BCUT2D eigenvalue weighted by molar-refractivity contribution is 0.641. The van der Waals surface area contributed by atoms with E-state index >= 15 is 0 Å². The Morgan fingerprint density at radius 2 is 0.724 bits per heavy atom. The Hall–Kier alpha value is -3.52. The number of para-hydroxylation sites is 2. The molecule has 0 saturated heterocycles. The van der Waals surface area contributed by atoms with Crippen molar-refractivity contribution in [3.05, 3.63) is 120 Å². The van der Waals surface area contributed by atoms with E-state index in [4.69, 9.17) is 0 Å². The summed E-state index contributed by atoms with van der Waals surface area (Å²) in [4.78, 5) is 0. The second-order valence-electron chi connectivity index (χ2n) is 7.76. The fourth-order valence-electron chi connectivity index (χ4n) is 3.48. The fourth-order valence-corrected chi connectivity index (χ4v) is 3.48. The van der Waals surface area contributed by atoms with Crippen molar-refractivity contribution < 1.29 is 0 Å². The molecule has 0 amide bonds. The number of hydrogen-bond donors (Lipinski definition) is 2. The number of rotatable bonds is 6. The predicted molar refractivity (Wildman–Crippen MR) is 124 cm³/mol. The van der Waals surface area contributed by atoms with E-state index in [1.807, 2.05) is 36.4 Å². The SMILES string of the molecule is CC(C)(c1ccc(Nc2ccccc2)cc1)c1ccc(Nc2ccccc2)cc1. The van der Waals surface area contributed by atoms with E-state index < -0.39 is 0 Å². The van der Waals surface area contributed by atoms with Gasteiger partial charge in [-0.05, 0) is 59.7 Å². The Morgan fingerprint density at radius 1 is 0.414 bits per heavy atom. The highest BCUT2D eigenvalue weighted by Crippen LogP contribution is 2.33. The highest BCUT2D eigenvalue weighted by molar-refractivity contribution is 5.62. The van der Waals surface area contributed by atoms with Crippen molar-refractivity contribution in [1.29, 1.82) is 0 Å². The van der Waals surface area contributed by atoms with Gasteiger partial charge in [0, 0.05) is 28.2 Å². The summed E-state index contributed by atoms with van der Waals surface area (Å²) < 4.78 is 0. The standard InChI is InChI=1S/C27H26N2/c1-27(2,21-13-17-25(18-14-21)28-23-9-5-3-6-10-23)22-15-19-26(20-16-22)29-24-11-7-4-8-12-24/h3-20,28-29H,1-2H3. The zero-order chi connectivity index (χ0) is 20.1. The normalized spacial score (nSPS) is 11.1. The Balaban J connectivity index is 1.48. The molecule has 2 heteroatoms. The lowest BCUT2D eigenvalue weighted by Crippen LogP contribution is -2.18. The summed E-state index contributed by atoms with van der Waals surface area (Å²) in [6, 6.07) is 37.9. The summed E-state index contributed by atoms with van der Waals surface area (Å²) in [5, 5.41) is 6.89. The van der Waals surface area contributed by atoms with Gasteiger partial charge in [0.2, 0.25) is 0 Å². The van der Waals surface area contributed by atoms with Gasteiger partial charge in [0.05, 0.1) is 0 Å². The van der Waals surface area contributed by atoms with Gasteiger partial charge in [0.25, 0.3) is 0 Å². The van der Waals surface area contributed by atoms with Crippen molar-refractivity contribution >= 4 is 22.7 Å². The molecule has 0 spiro atoms. The van der Waals surface area contributed by atoms with Gasteiger partial charge in [-0.3, -0.25) is 0 Å². The second-order valence-corrected chi connectivity index (χ2v) is 7.76. The van der Waals surface area contributed by atoms with Crippen LogP contribution < -0.4 is 10.6 Å². The molecule has 0 unspecified atom stereocenters. The molecule has 4 rings (SSSR count). The molecule has 29 heavy (non-hydrogen) atoms. The third-order valence-corrected chi connectivity index (χ3v) is 5.34. The maximum Gasteiger partial charge on any atom is 0.0384 e. The molecular formula is C27H26N2. The molecule has 144 valence electrons. The summed E-state index contributed by atoms with van der Waals surface area (Å²) in [7, 11) is 0. The van der Waals surface area contributed by atoms with Crippen molar-refractivity contribution in [1.82, 2.24) is 0 Å². The van der Waals surface area contributed by atoms with Crippen molar-refractivity contribution in [2.75, 3.05) is 10.6 Å². The number of benzene rings is 4. The molecule has 0 radical (unpaired) electrons. The molecular weight excluding hydrogens is 352 g/mol. The van der Waals surface area contributed by atoms with Gasteiger partial charge in [-0.25, -0.2) is 0 Å². The molecule has 0 aliphatic rings. The molecule has 2 nitrogen and oxygen atoms in total. The van der Waals surface area contributed by atoms with Crippen LogP contribution in [-0.2, 0) is 5.41 Å². The minimum atomic E-state index is -0.0729. The molecule has 0 saturated carbocycles. The first kappa shape index (κ1) is 18.8. The van der Waals surface area contributed by atoms with E-state index in [0.717, 1.165) is 22.7 Å². The monoisotopic (exact) mass is 378 g/mol. The highest BCUT2D eigenvalue weighted by Gasteiger charge is 2.22. The zero-order valence-electron chi connectivity index (χ0n) is 16.9. The van der Waals surface area contributed by atoms with Gasteiger partial charge in [-0.15, -0.1) is 0 Å². The van der Waals surface area contributed by atoms with Crippen molar-refractivity contribution in [2.24, 2.45) is 0 Å². The molecule has 4 aromatic rings. The van der Waals surface area contributed by atoms with E-state index in [0.29, 0.717) is 0 Å². The first-order valence-electron chi connectivity index (χ1n) is 9.96. The summed E-state index contributed by atoms with van der Waals surface area (Å²) in [5.74, 6) is 0. The van der Waals surface area contributed by atoms with Gasteiger partial charge in [-0.2, -0.15) is 0 Å². The Morgan fingerprint density at radius 3 is 1.07 bits per heavy atom. The predicted octanol–water partition coefficient (Wildman–Crippen LogP) is 7.50. The van der Waals surface area contributed by atoms with Gasteiger partial charge >= 0.3 is 0 Å². The van der Waals surface area contributed by atoms with Gasteiger partial charge in [-0.1, -0.05) is 74.5 Å². The molecule has 4 aromatic carbocycles. The summed E-state index contributed by atoms with van der Waals surface area (Å²) >= 11 is 0. The van der Waals surface area contributed by atoms with Crippen LogP contribution in [0.1, 0.15) is 25.0 Å². The average molecular weight is 379 g/mol. The van der Waals surface area contributed by atoms with Crippen LogP contribution in [-0.4, -0.2) is 0 Å². The average Bonchev–Trinajstić information content (AvgIpc) is 2.76. The molecule has 0 aliphatic heterocycles. The van der Waals surface area contributed by atoms with Crippen LogP contribution in [0.15, 0.2) is 109 Å². The van der Waals surface area contributed by atoms with E-state index in [9.17, 15) is 0 Å². The minimum absolute atomic E-state index is 0.0729. The summed E-state index contributed by atoms with van der Waals surface area (Å²) in [6.45, 7) is 4.54. The Kier molecular flexibility index (Phi) is 5.35. The van der Waals surface area contributed by atoms with Gasteiger partial charge in [0.1, 0.15) is 0 Å². The molecule has 0 heterocycles. The van der Waals surface area contributed by atoms with Gasteiger partial charge in [0.15, 0.2) is 0 Å². The summed E-state index contributed by atoms with van der Waals surface area (Å²) in [6.07, 6.45) is 0. The molecule has 0 bridgehead atoms. The third-order valence-electron chi connectivity index (χ3n) is 5.34. The maximum atomic E-state index is 3.44. The minimum Gasteiger partial charge on any atom is -0.356 e. The molecule has 0 fully saturated rings. The molecule has 0 atom stereocenters. The van der Waals surface area contributed by atoms with Crippen LogP contribution in [0.5, 0.6) is 0 Å². The largest absolute Gasteiger partial charge is 0.356 e. The molecule has 0 aromatic heterocycles. The van der Waals surface area contributed by atoms with E-state index in [2.05, 4.69) is 97.3 Å². The number of anilines is 4. The summed E-state index contributed by atoms with van der Waals surface area (Å²) in [5.41, 5.74) is 6.90. The van der Waals surface area contributed by atoms with Crippen LogP contribution in [0, 0.1) is 0 Å². The van der Waals surface area contributed by atoms with Crippen LogP contribution >= 0.6 is 0 Å². The first-order valence-corrected chi connectivity index (χ1v) is 9.96. The maximum absolute atomic E-state index is 3.44. The molecule has 2 N–H and O–H groups in total. The van der Waals surface area contributed by atoms with E-state index in [1.54, 1.807) is 0 Å². The van der Waals surface area contributed by atoms with E-state index in [1.165, 1.54) is 11.1 Å². The number of hydrogen-bond acceptors (Lipinski definition) is 2. The Labute approximate surface area is 173 Å². The highest BCUT2D eigenvalue weighted by atomic mass is 14.9. The lowest BCUT2D eigenvalue weighted by atomic mass is 9.78. The third kappa shape index (κ3) is 4.49. The zero-order valence-corrected chi connectivity index (χ0v) is 16.9. The van der Waals surface area contributed by atoms with Crippen molar-refractivity contribution in [3.8, 4) is 0 Å².